The molecule has 0 aliphatic rings. The fraction of sp³-hybridized carbons (Fsp3) is 0.583. The molecule has 0 aliphatic heterocycles. The Hall–Kier alpha value is -1.07. The lowest BCUT2D eigenvalue weighted by atomic mass is 10.1. The Bertz CT molecular complexity index is 488. The standard InChI is InChI=1S/C12H20N4S/c1-4-9(13)8-10-11(15(3)5-2)14-12-16(10)6-7-17-12/h6-7,9H,4-5,8,13H2,1-3H3. The van der Waals surface area contributed by atoms with Crippen molar-refractivity contribution in [1.82, 2.24) is 9.38 Å². The molecule has 94 valence electrons. The first-order valence-corrected chi connectivity index (χ1v) is 6.96. The van der Waals surface area contributed by atoms with Crippen molar-refractivity contribution in [2.45, 2.75) is 32.7 Å². The number of nitrogens with two attached hydrogens (primary N) is 1. The summed E-state index contributed by atoms with van der Waals surface area (Å²) in [6, 6.07) is 0.207. The first-order valence-electron chi connectivity index (χ1n) is 6.08. The number of hydrogen-bond acceptors (Lipinski definition) is 4. The summed E-state index contributed by atoms with van der Waals surface area (Å²) in [7, 11) is 2.08. The van der Waals surface area contributed by atoms with Gasteiger partial charge in [-0.1, -0.05) is 6.92 Å². The van der Waals surface area contributed by atoms with Crippen molar-refractivity contribution >= 4 is 22.1 Å². The van der Waals surface area contributed by atoms with Crippen molar-refractivity contribution in [3.63, 3.8) is 0 Å². The molecule has 5 heteroatoms. The van der Waals surface area contributed by atoms with E-state index in [1.807, 2.05) is 0 Å². The van der Waals surface area contributed by atoms with Crippen LogP contribution in [0, 0.1) is 0 Å². The zero-order valence-electron chi connectivity index (χ0n) is 10.7. The van der Waals surface area contributed by atoms with Crippen LogP contribution in [0.4, 0.5) is 5.82 Å². The van der Waals surface area contributed by atoms with Gasteiger partial charge < -0.3 is 10.6 Å². The van der Waals surface area contributed by atoms with Crippen LogP contribution in [-0.2, 0) is 6.42 Å². The Morgan fingerprint density at radius 3 is 2.94 bits per heavy atom. The van der Waals surface area contributed by atoms with Gasteiger partial charge in [-0.2, -0.15) is 0 Å². The van der Waals surface area contributed by atoms with Crippen molar-refractivity contribution in [1.29, 1.82) is 0 Å². The van der Waals surface area contributed by atoms with Crippen molar-refractivity contribution in [2.75, 3.05) is 18.5 Å². The van der Waals surface area contributed by atoms with Gasteiger partial charge in [-0.3, -0.25) is 4.40 Å². The molecule has 1 unspecified atom stereocenters. The average molecular weight is 252 g/mol. The van der Waals surface area contributed by atoms with Gasteiger partial charge >= 0.3 is 0 Å². The lowest BCUT2D eigenvalue weighted by molar-refractivity contribution is 0.633. The van der Waals surface area contributed by atoms with E-state index in [0.29, 0.717) is 0 Å². The van der Waals surface area contributed by atoms with Crippen LogP contribution >= 0.6 is 11.3 Å². The predicted octanol–water partition coefficient (Wildman–Crippen LogP) is 2.13. The van der Waals surface area contributed by atoms with E-state index in [9.17, 15) is 0 Å². The van der Waals surface area contributed by atoms with E-state index in [0.717, 1.165) is 30.2 Å². The smallest absolute Gasteiger partial charge is 0.195 e. The highest BCUT2D eigenvalue weighted by atomic mass is 32.1. The summed E-state index contributed by atoms with van der Waals surface area (Å²) < 4.78 is 2.17. The summed E-state index contributed by atoms with van der Waals surface area (Å²) in [5, 5.41) is 2.07. The Morgan fingerprint density at radius 1 is 1.53 bits per heavy atom. The summed E-state index contributed by atoms with van der Waals surface area (Å²) in [6.45, 7) is 5.22. The maximum atomic E-state index is 6.08. The van der Waals surface area contributed by atoms with Crippen molar-refractivity contribution in [3.8, 4) is 0 Å². The fourth-order valence-corrected chi connectivity index (χ4v) is 2.59. The van der Waals surface area contributed by atoms with Gasteiger partial charge in [-0.25, -0.2) is 4.98 Å². The molecule has 0 fully saturated rings. The predicted molar refractivity (Wildman–Crippen MR) is 74.0 cm³/mol. The summed E-state index contributed by atoms with van der Waals surface area (Å²) in [5.74, 6) is 1.07. The summed E-state index contributed by atoms with van der Waals surface area (Å²) in [5.41, 5.74) is 7.31. The maximum absolute atomic E-state index is 6.08. The summed E-state index contributed by atoms with van der Waals surface area (Å²) >= 11 is 1.67. The monoisotopic (exact) mass is 252 g/mol. The SMILES string of the molecule is CCC(N)Cc1c(N(C)CC)nc2sccn12. The van der Waals surface area contributed by atoms with Gasteiger partial charge in [0.05, 0.1) is 5.69 Å². The maximum Gasteiger partial charge on any atom is 0.195 e. The highest BCUT2D eigenvalue weighted by Gasteiger charge is 2.17. The molecule has 2 N–H and O–H groups in total. The Kier molecular flexibility index (Phi) is 3.69. The second kappa shape index (κ2) is 5.06. The largest absolute Gasteiger partial charge is 0.358 e. The van der Waals surface area contributed by atoms with Gasteiger partial charge in [0.1, 0.15) is 0 Å². The van der Waals surface area contributed by atoms with Crippen LogP contribution in [0.5, 0.6) is 0 Å². The molecule has 1 atom stereocenters. The van der Waals surface area contributed by atoms with Gasteiger partial charge in [-0.05, 0) is 13.3 Å². The van der Waals surface area contributed by atoms with Crippen LogP contribution in [0.15, 0.2) is 11.6 Å². The number of anilines is 1. The molecule has 0 bridgehead atoms. The van der Waals surface area contributed by atoms with E-state index >= 15 is 0 Å². The number of aromatic nitrogens is 2. The number of imidazole rings is 1. The van der Waals surface area contributed by atoms with Gasteiger partial charge in [0.15, 0.2) is 10.8 Å². The first kappa shape index (κ1) is 12.4. The third-order valence-corrected chi connectivity index (χ3v) is 3.91. The topological polar surface area (TPSA) is 46.6 Å². The third kappa shape index (κ3) is 2.30. The van der Waals surface area contributed by atoms with E-state index in [1.165, 1.54) is 5.69 Å². The van der Waals surface area contributed by atoms with E-state index in [4.69, 9.17) is 5.73 Å². The van der Waals surface area contributed by atoms with Crippen LogP contribution in [0.2, 0.25) is 0 Å². The molecule has 2 aromatic rings. The van der Waals surface area contributed by atoms with Crippen molar-refractivity contribution in [3.05, 3.63) is 17.3 Å². The second-order valence-corrected chi connectivity index (χ2v) is 5.20. The molecular weight excluding hydrogens is 232 g/mol. The molecule has 4 nitrogen and oxygen atoms in total. The normalized spacial score (nSPS) is 13.2. The van der Waals surface area contributed by atoms with E-state index < -0.39 is 0 Å². The van der Waals surface area contributed by atoms with Gasteiger partial charge in [-0.15, -0.1) is 11.3 Å². The molecule has 0 saturated heterocycles. The molecule has 17 heavy (non-hydrogen) atoms. The lowest BCUT2D eigenvalue weighted by Crippen LogP contribution is -2.25. The van der Waals surface area contributed by atoms with Gasteiger partial charge in [0.2, 0.25) is 0 Å². The average Bonchev–Trinajstić information content (AvgIpc) is 2.90. The quantitative estimate of drug-likeness (QED) is 0.886. The third-order valence-electron chi connectivity index (χ3n) is 3.16. The molecular formula is C12H20N4S. The highest BCUT2D eigenvalue weighted by Crippen LogP contribution is 2.25. The minimum absolute atomic E-state index is 0.207. The Labute approximate surface area is 106 Å². The van der Waals surface area contributed by atoms with Crippen molar-refractivity contribution in [2.24, 2.45) is 5.73 Å². The second-order valence-electron chi connectivity index (χ2n) is 4.32. The Morgan fingerprint density at radius 2 is 2.29 bits per heavy atom. The summed E-state index contributed by atoms with van der Waals surface area (Å²) in [4.78, 5) is 7.91. The van der Waals surface area contributed by atoms with E-state index in [1.54, 1.807) is 11.3 Å². The zero-order valence-corrected chi connectivity index (χ0v) is 11.5. The van der Waals surface area contributed by atoms with Crippen LogP contribution in [0.25, 0.3) is 4.96 Å². The summed E-state index contributed by atoms with van der Waals surface area (Å²) in [6.07, 6.45) is 3.96. The first-order chi connectivity index (χ1) is 8.17. The van der Waals surface area contributed by atoms with Crippen LogP contribution in [-0.4, -0.2) is 29.0 Å². The molecule has 0 spiro atoms. The van der Waals surface area contributed by atoms with E-state index in [-0.39, 0.29) is 6.04 Å². The molecule has 0 saturated carbocycles. The number of rotatable bonds is 5. The van der Waals surface area contributed by atoms with E-state index in [2.05, 4.69) is 46.8 Å². The molecule has 2 aromatic heterocycles. The zero-order chi connectivity index (χ0) is 12.4. The number of thiazole rings is 1. The lowest BCUT2D eigenvalue weighted by Gasteiger charge is -2.17. The van der Waals surface area contributed by atoms with Crippen molar-refractivity contribution < 1.29 is 0 Å². The van der Waals surface area contributed by atoms with Crippen LogP contribution in [0.3, 0.4) is 0 Å². The number of hydrogen-bond donors (Lipinski definition) is 1. The molecule has 0 aromatic carbocycles. The number of fused-ring (bicyclic) bond motifs is 1. The molecule has 0 aliphatic carbocycles. The fourth-order valence-electron chi connectivity index (χ4n) is 1.86. The Balaban J connectivity index is 2.43. The highest BCUT2D eigenvalue weighted by molar-refractivity contribution is 7.15. The number of nitrogens with zero attached hydrogens (tertiary/aromatic N) is 3. The van der Waals surface area contributed by atoms with Crippen LogP contribution < -0.4 is 10.6 Å². The molecule has 0 amide bonds. The van der Waals surface area contributed by atoms with Gasteiger partial charge in [0, 0.05) is 37.6 Å². The molecule has 0 radical (unpaired) electrons. The minimum atomic E-state index is 0.207. The van der Waals surface area contributed by atoms with Crippen LogP contribution in [0.1, 0.15) is 26.0 Å². The molecule has 2 rings (SSSR count). The minimum Gasteiger partial charge on any atom is -0.358 e. The van der Waals surface area contributed by atoms with Gasteiger partial charge in [0.25, 0.3) is 0 Å². The molecule has 2 heterocycles.